The molecule has 0 saturated carbocycles. The first-order valence-corrected chi connectivity index (χ1v) is 13.7. The molecule has 0 aliphatic carbocycles. The minimum atomic E-state index is -4.46. The van der Waals surface area contributed by atoms with Gasteiger partial charge in [0, 0.05) is 42.5 Å². The molecule has 39 heavy (non-hydrogen) atoms. The fourth-order valence-electron chi connectivity index (χ4n) is 5.06. The highest BCUT2D eigenvalue weighted by atomic mass is 32.2. The number of halogens is 5. The summed E-state index contributed by atoms with van der Waals surface area (Å²) in [5, 5.41) is 0. The number of likely N-dealkylation sites (tertiary alicyclic amines) is 1. The van der Waals surface area contributed by atoms with E-state index in [9.17, 15) is 26.0 Å². The highest BCUT2D eigenvalue weighted by Crippen LogP contribution is 2.48. The summed E-state index contributed by atoms with van der Waals surface area (Å²) in [7, 11) is -4.46. The molecule has 2 aromatic carbocycles. The summed E-state index contributed by atoms with van der Waals surface area (Å²) in [6, 6.07) is 6.11. The maximum atomic E-state index is 15.3. The average Bonchev–Trinajstić information content (AvgIpc) is 2.87. The highest BCUT2D eigenvalue weighted by Gasteiger charge is 2.46. The number of fused-ring (bicyclic) bond motifs is 1. The van der Waals surface area contributed by atoms with Crippen molar-refractivity contribution < 1.29 is 35.1 Å². The van der Waals surface area contributed by atoms with Crippen molar-refractivity contribution in [3.05, 3.63) is 71.9 Å². The van der Waals surface area contributed by atoms with Crippen LogP contribution >= 0.6 is 0 Å². The van der Waals surface area contributed by atoms with E-state index in [-0.39, 0.29) is 37.7 Å². The van der Waals surface area contributed by atoms with Gasteiger partial charge in [0.25, 0.3) is 10.0 Å². The van der Waals surface area contributed by atoms with Gasteiger partial charge in [0.1, 0.15) is 22.3 Å². The number of ether oxygens (including phenoxy) is 1. The van der Waals surface area contributed by atoms with Gasteiger partial charge in [0.05, 0.1) is 12.5 Å². The molecule has 2 aliphatic rings. The van der Waals surface area contributed by atoms with Crippen molar-refractivity contribution in [3.8, 4) is 5.75 Å². The molecule has 0 spiro atoms. The second-order valence-electron chi connectivity index (χ2n) is 9.17. The van der Waals surface area contributed by atoms with Gasteiger partial charge in [-0.2, -0.15) is 13.2 Å². The quantitative estimate of drug-likeness (QED) is 0.285. The summed E-state index contributed by atoms with van der Waals surface area (Å²) >= 11 is 0. The summed E-state index contributed by atoms with van der Waals surface area (Å²) in [4.78, 5) is 8.63. The van der Waals surface area contributed by atoms with Crippen LogP contribution in [0.1, 0.15) is 49.4 Å². The lowest BCUT2D eigenvalue weighted by atomic mass is 9.84. The number of hydrogen-bond donors (Lipinski definition) is 1. The molecule has 0 radical (unpaired) electrons. The molecule has 1 fully saturated rings. The number of nitrogens with zero attached hydrogens (tertiary/aromatic N) is 3. The lowest BCUT2D eigenvalue weighted by Gasteiger charge is -2.46. The van der Waals surface area contributed by atoms with Crippen molar-refractivity contribution in [2.75, 3.05) is 13.2 Å². The Labute approximate surface area is 223 Å². The molecule has 0 aromatic heterocycles. The van der Waals surface area contributed by atoms with Crippen LogP contribution in [0, 0.1) is 17.6 Å². The molecular formula is C26H27F5N4O3S. The number of alkyl halides is 3. The van der Waals surface area contributed by atoms with Crippen LogP contribution in [0.3, 0.4) is 0 Å². The minimum absolute atomic E-state index is 0.0515. The molecule has 3 atom stereocenters. The van der Waals surface area contributed by atoms with Gasteiger partial charge in [-0.05, 0) is 50.1 Å². The first-order valence-electron chi connectivity index (χ1n) is 12.2. The molecular weight excluding hydrogens is 543 g/mol. The summed E-state index contributed by atoms with van der Waals surface area (Å²) in [5.41, 5.74) is 0.828. The van der Waals surface area contributed by atoms with Gasteiger partial charge in [-0.25, -0.2) is 31.9 Å². The first-order chi connectivity index (χ1) is 18.4. The highest BCUT2D eigenvalue weighted by molar-refractivity contribution is 7.90. The molecule has 7 nitrogen and oxygen atoms in total. The third-order valence-electron chi connectivity index (χ3n) is 6.81. The van der Waals surface area contributed by atoms with Crippen LogP contribution in [-0.4, -0.2) is 44.8 Å². The van der Waals surface area contributed by atoms with Gasteiger partial charge in [-0.1, -0.05) is 18.7 Å². The normalized spacial score (nSPS) is 22.8. The van der Waals surface area contributed by atoms with E-state index in [0.717, 1.165) is 18.3 Å². The first kappa shape index (κ1) is 28.7. The van der Waals surface area contributed by atoms with Crippen molar-refractivity contribution in [3.63, 3.8) is 0 Å². The van der Waals surface area contributed by atoms with Crippen molar-refractivity contribution in [2.24, 2.45) is 15.9 Å². The zero-order chi connectivity index (χ0) is 28.4. The fourth-order valence-corrected chi connectivity index (χ4v) is 6.09. The van der Waals surface area contributed by atoms with Crippen LogP contribution in [-0.2, 0) is 10.0 Å². The molecule has 1 saturated heterocycles. The largest absolute Gasteiger partial charge is 0.493 e. The van der Waals surface area contributed by atoms with Gasteiger partial charge in [-0.3, -0.25) is 4.90 Å². The molecule has 1 N–H and O–H groups in total. The molecule has 0 unspecified atom stereocenters. The number of rotatable bonds is 5. The van der Waals surface area contributed by atoms with Gasteiger partial charge in [-0.15, -0.1) is 0 Å². The predicted octanol–water partition coefficient (Wildman–Crippen LogP) is 5.67. The molecule has 2 heterocycles. The molecule has 2 aromatic rings. The van der Waals surface area contributed by atoms with Crippen molar-refractivity contribution in [2.45, 2.75) is 49.3 Å². The Balaban J connectivity index is 1.71. The Kier molecular flexibility index (Phi) is 8.40. The van der Waals surface area contributed by atoms with Crippen LogP contribution < -0.4 is 9.46 Å². The SMILES string of the molecule is C=C/N=C(\N=C/C)NS(=O)(=O)c1cc2c(cc1F)[C@@H](N1CC[C@@H](C(F)(F)F)C[C@H]1c1ccc(F)cc1)CCO2. The van der Waals surface area contributed by atoms with Gasteiger partial charge >= 0.3 is 6.18 Å². The number of benzene rings is 2. The topological polar surface area (TPSA) is 83.4 Å². The van der Waals surface area contributed by atoms with Crippen molar-refractivity contribution >= 4 is 22.2 Å². The summed E-state index contributed by atoms with van der Waals surface area (Å²) in [6.07, 6.45) is -2.09. The standard InChI is InChI=1S/C26H27F5N4O3S/c1-3-32-25(33-4-2)34-39(36,37)24-15-23-19(14-20(24)28)21(10-12-38-23)35-11-9-17(26(29,30)31)13-22(35)16-5-7-18(27)8-6-16/h3-8,14-15,17,21-22H,1,9-13H2,2H3,(H,32,34)/b33-4-/t17-,21+,22+/m1/s1. The lowest BCUT2D eigenvalue weighted by molar-refractivity contribution is -0.192. The Morgan fingerprint density at radius 2 is 1.87 bits per heavy atom. The van der Waals surface area contributed by atoms with Gasteiger partial charge < -0.3 is 4.74 Å². The van der Waals surface area contributed by atoms with Crippen LogP contribution in [0.25, 0.3) is 0 Å². The number of piperidine rings is 1. The molecule has 0 amide bonds. The molecule has 2 aliphatic heterocycles. The van der Waals surface area contributed by atoms with E-state index in [1.54, 1.807) is 0 Å². The number of guanidine groups is 1. The smallest absolute Gasteiger partial charge is 0.391 e. The maximum absolute atomic E-state index is 15.3. The predicted molar refractivity (Wildman–Crippen MR) is 136 cm³/mol. The Bertz CT molecular complexity index is 1380. The second kappa shape index (κ2) is 11.4. The third-order valence-corrected chi connectivity index (χ3v) is 8.16. The number of aliphatic imine (C=N–C) groups is 2. The van der Waals surface area contributed by atoms with E-state index in [1.165, 1.54) is 37.4 Å². The van der Waals surface area contributed by atoms with E-state index in [2.05, 4.69) is 21.3 Å². The van der Waals surface area contributed by atoms with E-state index < -0.39 is 50.7 Å². The van der Waals surface area contributed by atoms with E-state index >= 15 is 4.39 Å². The second-order valence-corrected chi connectivity index (χ2v) is 10.8. The molecule has 210 valence electrons. The van der Waals surface area contributed by atoms with E-state index in [4.69, 9.17) is 4.74 Å². The van der Waals surface area contributed by atoms with Crippen molar-refractivity contribution in [1.29, 1.82) is 0 Å². The monoisotopic (exact) mass is 570 g/mol. The third kappa shape index (κ3) is 6.30. The maximum Gasteiger partial charge on any atom is 0.391 e. The average molecular weight is 571 g/mol. The minimum Gasteiger partial charge on any atom is -0.493 e. The summed E-state index contributed by atoms with van der Waals surface area (Å²) in [5.74, 6) is -3.35. The molecule has 13 heteroatoms. The summed E-state index contributed by atoms with van der Waals surface area (Å²) in [6.45, 7) is 5.11. The zero-order valence-corrected chi connectivity index (χ0v) is 21.8. The van der Waals surface area contributed by atoms with Gasteiger partial charge in [0.15, 0.2) is 0 Å². The molecule has 4 rings (SSSR count). The van der Waals surface area contributed by atoms with Crippen LogP contribution in [0.4, 0.5) is 22.0 Å². The zero-order valence-electron chi connectivity index (χ0n) is 21.0. The van der Waals surface area contributed by atoms with Crippen molar-refractivity contribution in [1.82, 2.24) is 9.62 Å². The fraction of sp³-hybridized carbons (Fsp3) is 0.385. The van der Waals surface area contributed by atoms with Crippen LogP contribution in [0.15, 0.2) is 64.1 Å². The summed E-state index contributed by atoms with van der Waals surface area (Å²) < 4.78 is 104. The number of hydrogen-bond acceptors (Lipinski definition) is 5. The Hall–Kier alpha value is -3.32. The lowest BCUT2D eigenvalue weighted by Crippen LogP contribution is -2.44. The van der Waals surface area contributed by atoms with Crippen LogP contribution in [0.2, 0.25) is 0 Å². The van der Waals surface area contributed by atoms with E-state index in [1.807, 2.05) is 4.90 Å². The van der Waals surface area contributed by atoms with Crippen LogP contribution in [0.5, 0.6) is 5.75 Å². The number of sulfonamides is 1. The Morgan fingerprint density at radius 3 is 2.51 bits per heavy atom. The number of nitrogens with one attached hydrogen (secondary N) is 1. The van der Waals surface area contributed by atoms with Gasteiger partial charge in [0.2, 0.25) is 5.96 Å². The van der Waals surface area contributed by atoms with E-state index in [0.29, 0.717) is 17.5 Å². The molecule has 0 bridgehead atoms. The Morgan fingerprint density at radius 1 is 1.15 bits per heavy atom.